The summed E-state index contributed by atoms with van der Waals surface area (Å²) in [6.07, 6.45) is 3.56. The third-order valence-electron chi connectivity index (χ3n) is 3.85. The third-order valence-corrected chi connectivity index (χ3v) is 5.68. The van der Waals surface area contributed by atoms with Crippen LogP contribution < -0.4 is 0 Å². The molecule has 0 unspecified atom stereocenters. The lowest BCUT2D eigenvalue weighted by atomic mass is 10.2. The molecule has 0 aliphatic heterocycles. The van der Waals surface area contributed by atoms with Crippen molar-refractivity contribution >= 4 is 23.1 Å². The van der Waals surface area contributed by atoms with Gasteiger partial charge in [0.05, 0.1) is 17.2 Å². The Kier molecular flexibility index (Phi) is 5.08. The van der Waals surface area contributed by atoms with Crippen LogP contribution in [0, 0.1) is 6.92 Å². The number of hydrogen-bond donors (Lipinski definition) is 0. The highest BCUT2D eigenvalue weighted by atomic mass is 32.2. The second-order valence-electron chi connectivity index (χ2n) is 5.76. The molecular formula is C19H17N5S2. The molecule has 0 bridgehead atoms. The van der Waals surface area contributed by atoms with Gasteiger partial charge in [-0.1, -0.05) is 42.1 Å². The summed E-state index contributed by atoms with van der Waals surface area (Å²) in [5.41, 5.74) is 3.31. The Labute approximate surface area is 160 Å². The first kappa shape index (κ1) is 16.9. The quantitative estimate of drug-likeness (QED) is 0.463. The largest absolute Gasteiger partial charge is 0.298 e. The van der Waals surface area contributed by atoms with Crippen molar-refractivity contribution in [1.82, 2.24) is 24.7 Å². The van der Waals surface area contributed by atoms with Crippen LogP contribution in [0.2, 0.25) is 0 Å². The Morgan fingerprint density at radius 1 is 1.04 bits per heavy atom. The maximum absolute atomic E-state index is 4.54. The second-order valence-corrected chi connectivity index (χ2v) is 7.77. The van der Waals surface area contributed by atoms with Crippen molar-refractivity contribution in [1.29, 1.82) is 0 Å². The monoisotopic (exact) mass is 379 g/mol. The number of aromatic nitrogens is 5. The van der Waals surface area contributed by atoms with E-state index in [0.717, 1.165) is 39.5 Å². The standard InChI is InChI=1S/C19H17N5S2/c1-14-21-17(12-25-14)13-26-19-23-22-18(16-7-9-20-10-8-16)24(19)11-15-5-3-2-4-6-15/h2-10,12H,11,13H2,1H3. The van der Waals surface area contributed by atoms with Crippen LogP contribution in [0.3, 0.4) is 0 Å². The van der Waals surface area contributed by atoms with E-state index in [1.54, 1.807) is 35.5 Å². The summed E-state index contributed by atoms with van der Waals surface area (Å²) in [4.78, 5) is 8.64. The molecule has 4 aromatic rings. The maximum atomic E-state index is 4.54. The molecule has 26 heavy (non-hydrogen) atoms. The normalized spacial score (nSPS) is 11.0. The zero-order valence-corrected chi connectivity index (χ0v) is 15.9. The molecule has 3 aromatic heterocycles. The van der Waals surface area contributed by atoms with Crippen LogP contribution in [0.25, 0.3) is 11.4 Å². The smallest absolute Gasteiger partial charge is 0.192 e. The Morgan fingerprint density at radius 2 is 1.85 bits per heavy atom. The Hall–Kier alpha value is -2.51. The van der Waals surface area contributed by atoms with E-state index in [1.807, 2.05) is 25.1 Å². The van der Waals surface area contributed by atoms with E-state index < -0.39 is 0 Å². The summed E-state index contributed by atoms with van der Waals surface area (Å²) >= 11 is 3.34. The van der Waals surface area contributed by atoms with E-state index in [9.17, 15) is 0 Å². The molecule has 0 atom stereocenters. The van der Waals surface area contributed by atoms with E-state index in [4.69, 9.17) is 0 Å². The molecular weight excluding hydrogens is 362 g/mol. The number of nitrogens with zero attached hydrogens (tertiary/aromatic N) is 5. The zero-order chi connectivity index (χ0) is 17.8. The number of aryl methyl sites for hydroxylation is 1. The van der Waals surface area contributed by atoms with Gasteiger partial charge in [-0.15, -0.1) is 21.5 Å². The van der Waals surface area contributed by atoms with Gasteiger partial charge >= 0.3 is 0 Å². The topological polar surface area (TPSA) is 56.5 Å². The van der Waals surface area contributed by atoms with Crippen molar-refractivity contribution in [2.75, 3.05) is 0 Å². The minimum atomic E-state index is 0.726. The first-order chi connectivity index (χ1) is 12.8. The molecule has 0 radical (unpaired) electrons. The number of thioether (sulfide) groups is 1. The van der Waals surface area contributed by atoms with Crippen LogP contribution in [0.4, 0.5) is 0 Å². The fourth-order valence-corrected chi connectivity index (χ4v) is 4.18. The van der Waals surface area contributed by atoms with E-state index in [1.165, 1.54) is 5.56 Å². The SMILES string of the molecule is Cc1nc(CSc2nnc(-c3ccncc3)n2Cc2ccccc2)cs1. The molecule has 1 aromatic carbocycles. The molecule has 0 aliphatic rings. The number of hydrogen-bond acceptors (Lipinski definition) is 6. The van der Waals surface area contributed by atoms with Gasteiger partial charge in [0.1, 0.15) is 0 Å². The van der Waals surface area contributed by atoms with Gasteiger partial charge in [-0.3, -0.25) is 9.55 Å². The number of pyridine rings is 1. The summed E-state index contributed by atoms with van der Waals surface area (Å²) < 4.78 is 2.16. The van der Waals surface area contributed by atoms with Crippen LogP contribution in [0.5, 0.6) is 0 Å². The molecule has 5 nitrogen and oxygen atoms in total. The molecule has 4 rings (SSSR count). The summed E-state index contributed by atoms with van der Waals surface area (Å²) in [6.45, 7) is 2.75. The van der Waals surface area contributed by atoms with Crippen molar-refractivity contribution in [3.63, 3.8) is 0 Å². The molecule has 0 fully saturated rings. The van der Waals surface area contributed by atoms with Crippen LogP contribution in [-0.4, -0.2) is 24.7 Å². The van der Waals surface area contributed by atoms with Crippen LogP contribution in [0.15, 0.2) is 65.4 Å². The lowest BCUT2D eigenvalue weighted by Crippen LogP contribution is -2.04. The van der Waals surface area contributed by atoms with Crippen molar-refractivity contribution in [2.45, 2.75) is 24.4 Å². The van der Waals surface area contributed by atoms with Gasteiger partial charge in [0.2, 0.25) is 0 Å². The van der Waals surface area contributed by atoms with Gasteiger partial charge in [-0.25, -0.2) is 4.98 Å². The molecule has 0 saturated carbocycles. The minimum absolute atomic E-state index is 0.726. The predicted molar refractivity (Wildman–Crippen MR) is 105 cm³/mol. The van der Waals surface area contributed by atoms with Gasteiger partial charge in [0.15, 0.2) is 11.0 Å². The van der Waals surface area contributed by atoms with Gasteiger partial charge < -0.3 is 0 Å². The Bertz CT molecular complexity index is 980. The molecule has 7 heteroatoms. The number of benzene rings is 1. The van der Waals surface area contributed by atoms with Crippen molar-refractivity contribution in [2.24, 2.45) is 0 Å². The molecule has 130 valence electrons. The average Bonchev–Trinajstić information content (AvgIpc) is 3.28. The average molecular weight is 380 g/mol. The molecule has 0 saturated heterocycles. The number of rotatable bonds is 6. The third kappa shape index (κ3) is 3.84. The molecule has 0 aliphatic carbocycles. The van der Waals surface area contributed by atoms with E-state index in [-0.39, 0.29) is 0 Å². The lowest BCUT2D eigenvalue weighted by molar-refractivity contribution is 0.714. The highest BCUT2D eigenvalue weighted by molar-refractivity contribution is 7.98. The molecule has 0 spiro atoms. The van der Waals surface area contributed by atoms with Crippen LogP contribution in [-0.2, 0) is 12.3 Å². The summed E-state index contributed by atoms with van der Waals surface area (Å²) in [5.74, 6) is 1.64. The molecule has 0 N–H and O–H groups in total. The molecule has 0 amide bonds. The predicted octanol–water partition coefficient (Wildman–Crippen LogP) is 4.45. The van der Waals surface area contributed by atoms with Crippen molar-refractivity contribution < 1.29 is 0 Å². The van der Waals surface area contributed by atoms with E-state index in [0.29, 0.717) is 0 Å². The van der Waals surface area contributed by atoms with Crippen LogP contribution >= 0.6 is 23.1 Å². The highest BCUT2D eigenvalue weighted by Crippen LogP contribution is 2.27. The summed E-state index contributed by atoms with van der Waals surface area (Å²) in [6, 6.07) is 14.3. The van der Waals surface area contributed by atoms with Crippen molar-refractivity contribution in [3.8, 4) is 11.4 Å². The summed E-state index contributed by atoms with van der Waals surface area (Å²) in [7, 11) is 0. The highest BCUT2D eigenvalue weighted by Gasteiger charge is 2.15. The first-order valence-electron chi connectivity index (χ1n) is 8.21. The van der Waals surface area contributed by atoms with Gasteiger partial charge in [0, 0.05) is 29.1 Å². The fourth-order valence-electron chi connectivity index (χ4n) is 2.63. The Morgan fingerprint density at radius 3 is 2.58 bits per heavy atom. The van der Waals surface area contributed by atoms with Crippen molar-refractivity contribution in [3.05, 3.63) is 76.5 Å². The fraction of sp³-hybridized carbons (Fsp3) is 0.158. The van der Waals surface area contributed by atoms with Gasteiger partial charge in [-0.2, -0.15) is 0 Å². The van der Waals surface area contributed by atoms with E-state index >= 15 is 0 Å². The lowest BCUT2D eigenvalue weighted by Gasteiger charge is -2.10. The maximum Gasteiger partial charge on any atom is 0.192 e. The van der Waals surface area contributed by atoms with Crippen LogP contribution in [0.1, 0.15) is 16.3 Å². The number of thiazole rings is 1. The first-order valence-corrected chi connectivity index (χ1v) is 10.1. The van der Waals surface area contributed by atoms with Gasteiger partial charge in [-0.05, 0) is 24.6 Å². The minimum Gasteiger partial charge on any atom is -0.298 e. The second kappa shape index (κ2) is 7.80. The molecule has 3 heterocycles. The van der Waals surface area contributed by atoms with Gasteiger partial charge in [0.25, 0.3) is 0 Å². The Balaban J connectivity index is 1.65. The summed E-state index contributed by atoms with van der Waals surface area (Å²) in [5, 5.41) is 13.0. The zero-order valence-electron chi connectivity index (χ0n) is 14.2. The van der Waals surface area contributed by atoms with E-state index in [2.05, 4.69) is 54.4 Å².